The van der Waals surface area contributed by atoms with Gasteiger partial charge in [-0.3, -0.25) is 4.90 Å². The van der Waals surface area contributed by atoms with Gasteiger partial charge in [0.15, 0.2) is 0 Å². The van der Waals surface area contributed by atoms with Crippen molar-refractivity contribution in [2.24, 2.45) is 0 Å². The quantitative estimate of drug-likeness (QED) is 0.865. The molecule has 1 aliphatic rings. The van der Waals surface area contributed by atoms with Gasteiger partial charge in [0.05, 0.1) is 5.60 Å². The van der Waals surface area contributed by atoms with Crippen molar-refractivity contribution in [1.82, 2.24) is 9.88 Å². The van der Waals surface area contributed by atoms with E-state index < -0.39 is 0 Å². The Morgan fingerprint density at radius 2 is 2.41 bits per heavy atom. The Bertz CT molecular complexity index is 383. The van der Waals surface area contributed by atoms with Crippen LogP contribution in [-0.4, -0.2) is 35.7 Å². The van der Waals surface area contributed by atoms with Gasteiger partial charge in [-0.15, -0.1) is 0 Å². The SMILES string of the molecule is COC1(C)CCCN(Cc2cccnc2N)C1. The zero-order chi connectivity index (χ0) is 12.3. The number of nitrogens with two attached hydrogens (primary N) is 1. The number of hydrogen-bond acceptors (Lipinski definition) is 4. The Kier molecular flexibility index (Phi) is 3.64. The molecule has 0 amide bonds. The molecule has 17 heavy (non-hydrogen) atoms. The molecule has 2 N–H and O–H groups in total. The van der Waals surface area contributed by atoms with Gasteiger partial charge in [0.25, 0.3) is 0 Å². The summed E-state index contributed by atoms with van der Waals surface area (Å²) in [5, 5.41) is 0. The van der Waals surface area contributed by atoms with E-state index >= 15 is 0 Å². The van der Waals surface area contributed by atoms with Crippen LogP contribution in [0.4, 0.5) is 5.82 Å². The van der Waals surface area contributed by atoms with Gasteiger partial charge in [0.2, 0.25) is 0 Å². The minimum Gasteiger partial charge on any atom is -0.383 e. The van der Waals surface area contributed by atoms with Crippen LogP contribution in [0.5, 0.6) is 0 Å². The molecule has 4 heteroatoms. The fourth-order valence-corrected chi connectivity index (χ4v) is 2.43. The van der Waals surface area contributed by atoms with Crippen LogP contribution in [0.3, 0.4) is 0 Å². The number of aromatic nitrogens is 1. The average molecular weight is 235 g/mol. The van der Waals surface area contributed by atoms with Crippen LogP contribution < -0.4 is 5.73 Å². The Hall–Kier alpha value is -1.13. The molecule has 0 aromatic carbocycles. The van der Waals surface area contributed by atoms with Crippen LogP contribution in [0, 0.1) is 0 Å². The van der Waals surface area contributed by atoms with Gasteiger partial charge in [-0.25, -0.2) is 4.98 Å². The summed E-state index contributed by atoms with van der Waals surface area (Å²) in [5.74, 6) is 0.636. The van der Waals surface area contributed by atoms with Gasteiger partial charge >= 0.3 is 0 Å². The summed E-state index contributed by atoms with van der Waals surface area (Å²) in [5.41, 5.74) is 6.95. The number of nitrogen functional groups attached to an aromatic ring is 1. The molecule has 1 aromatic heterocycles. The van der Waals surface area contributed by atoms with Crippen molar-refractivity contribution in [1.29, 1.82) is 0 Å². The molecule has 0 saturated carbocycles. The fourth-order valence-electron chi connectivity index (χ4n) is 2.43. The lowest BCUT2D eigenvalue weighted by molar-refractivity contribution is -0.0526. The van der Waals surface area contributed by atoms with Crippen molar-refractivity contribution in [3.05, 3.63) is 23.9 Å². The zero-order valence-corrected chi connectivity index (χ0v) is 10.6. The topological polar surface area (TPSA) is 51.4 Å². The van der Waals surface area contributed by atoms with Crippen LogP contribution in [-0.2, 0) is 11.3 Å². The van der Waals surface area contributed by atoms with Crippen LogP contribution in [0.1, 0.15) is 25.3 Å². The van der Waals surface area contributed by atoms with Crippen LogP contribution in [0.15, 0.2) is 18.3 Å². The van der Waals surface area contributed by atoms with Gasteiger partial charge in [-0.1, -0.05) is 6.07 Å². The molecule has 1 aliphatic heterocycles. The lowest BCUT2D eigenvalue weighted by atomic mass is 9.94. The van der Waals surface area contributed by atoms with Crippen LogP contribution in [0.25, 0.3) is 0 Å². The van der Waals surface area contributed by atoms with Crippen molar-refractivity contribution in [3.63, 3.8) is 0 Å². The maximum atomic E-state index is 5.87. The lowest BCUT2D eigenvalue weighted by Crippen LogP contribution is -2.46. The molecule has 2 heterocycles. The van der Waals surface area contributed by atoms with Gasteiger partial charge < -0.3 is 10.5 Å². The summed E-state index contributed by atoms with van der Waals surface area (Å²) >= 11 is 0. The van der Waals surface area contributed by atoms with E-state index in [-0.39, 0.29) is 5.60 Å². The average Bonchev–Trinajstić information content (AvgIpc) is 2.32. The number of nitrogens with zero attached hydrogens (tertiary/aromatic N) is 2. The van der Waals surface area contributed by atoms with Crippen LogP contribution >= 0.6 is 0 Å². The van der Waals surface area contributed by atoms with E-state index in [1.807, 2.05) is 12.1 Å². The maximum Gasteiger partial charge on any atom is 0.127 e. The molecular formula is C13H21N3O. The van der Waals surface area contributed by atoms with Gasteiger partial charge in [-0.2, -0.15) is 0 Å². The molecule has 0 bridgehead atoms. The van der Waals surface area contributed by atoms with Gasteiger partial charge in [0, 0.05) is 32.0 Å². The molecule has 0 radical (unpaired) electrons. The lowest BCUT2D eigenvalue weighted by Gasteiger charge is -2.39. The Morgan fingerprint density at radius 1 is 1.59 bits per heavy atom. The first-order valence-electron chi connectivity index (χ1n) is 6.10. The number of rotatable bonds is 3. The van der Waals surface area contributed by atoms with E-state index in [0.29, 0.717) is 5.82 Å². The van der Waals surface area contributed by atoms with E-state index in [0.717, 1.165) is 31.6 Å². The number of hydrogen-bond donors (Lipinski definition) is 1. The van der Waals surface area contributed by atoms with Crippen molar-refractivity contribution in [3.8, 4) is 0 Å². The van der Waals surface area contributed by atoms with E-state index in [1.54, 1.807) is 13.3 Å². The number of anilines is 1. The summed E-state index contributed by atoms with van der Waals surface area (Å²) in [4.78, 5) is 6.51. The Morgan fingerprint density at radius 3 is 3.12 bits per heavy atom. The largest absolute Gasteiger partial charge is 0.383 e. The molecule has 1 unspecified atom stereocenters. The second-order valence-corrected chi connectivity index (χ2v) is 5.02. The molecule has 1 saturated heterocycles. The maximum absolute atomic E-state index is 5.87. The highest BCUT2D eigenvalue weighted by Gasteiger charge is 2.30. The van der Waals surface area contributed by atoms with Crippen molar-refractivity contribution in [2.75, 3.05) is 25.9 Å². The first-order chi connectivity index (χ1) is 8.13. The van der Waals surface area contributed by atoms with Crippen molar-refractivity contribution >= 4 is 5.82 Å². The second kappa shape index (κ2) is 5.02. The predicted octanol–water partition coefficient (Wildman–Crippen LogP) is 1.66. The number of piperidine rings is 1. The first-order valence-corrected chi connectivity index (χ1v) is 6.10. The van der Waals surface area contributed by atoms with Crippen LogP contribution in [0.2, 0.25) is 0 Å². The minimum absolute atomic E-state index is 0.0186. The minimum atomic E-state index is -0.0186. The number of likely N-dealkylation sites (tertiary alicyclic amines) is 1. The van der Waals surface area contributed by atoms with Gasteiger partial charge in [0.1, 0.15) is 5.82 Å². The highest BCUT2D eigenvalue weighted by atomic mass is 16.5. The van der Waals surface area contributed by atoms with E-state index in [2.05, 4.69) is 16.8 Å². The summed E-state index contributed by atoms with van der Waals surface area (Å²) in [6.45, 7) is 5.09. The van der Waals surface area contributed by atoms with Crippen molar-refractivity contribution < 1.29 is 4.74 Å². The fraction of sp³-hybridized carbons (Fsp3) is 0.615. The molecule has 0 spiro atoms. The van der Waals surface area contributed by atoms with E-state index in [1.165, 1.54) is 6.42 Å². The monoisotopic (exact) mass is 235 g/mol. The highest BCUT2D eigenvalue weighted by Crippen LogP contribution is 2.25. The summed E-state index contributed by atoms with van der Waals surface area (Å²) < 4.78 is 5.59. The predicted molar refractivity (Wildman–Crippen MR) is 68.6 cm³/mol. The third-order valence-electron chi connectivity index (χ3n) is 3.55. The summed E-state index contributed by atoms with van der Waals surface area (Å²) in [7, 11) is 1.79. The molecule has 1 fully saturated rings. The van der Waals surface area contributed by atoms with Crippen molar-refractivity contribution in [2.45, 2.75) is 31.9 Å². The molecule has 94 valence electrons. The Balaban J connectivity index is 2.02. The first kappa shape index (κ1) is 12.3. The summed E-state index contributed by atoms with van der Waals surface area (Å²) in [6, 6.07) is 3.98. The van der Waals surface area contributed by atoms with Gasteiger partial charge in [-0.05, 0) is 32.4 Å². The number of methoxy groups -OCH3 is 1. The summed E-state index contributed by atoms with van der Waals surface area (Å²) in [6.07, 6.45) is 4.03. The standard InChI is InChI=1S/C13H21N3O/c1-13(17-2)6-4-8-16(10-13)9-11-5-3-7-15-12(11)14/h3,5,7H,4,6,8-10H2,1-2H3,(H2,14,15). The molecule has 4 nitrogen and oxygen atoms in total. The Labute approximate surface area is 103 Å². The smallest absolute Gasteiger partial charge is 0.127 e. The second-order valence-electron chi connectivity index (χ2n) is 5.02. The molecule has 1 aromatic rings. The zero-order valence-electron chi connectivity index (χ0n) is 10.6. The molecule has 0 aliphatic carbocycles. The highest BCUT2D eigenvalue weighted by molar-refractivity contribution is 5.38. The number of pyridine rings is 1. The molecule has 1 atom stereocenters. The molecular weight excluding hydrogens is 214 g/mol. The normalized spacial score (nSPS) is 26.0. The third-order valence-corrected chi connectivity index (χ3v) is 3.55. The number of ether oxygens (including phenoxy) is 1. The van der Waals surface area contributed by atoms with E-state index in [9.17, 15) is 0 Å². The third kappa shape index (κ3) is 2.96. The van der Waals surface area contributed by atoms with E-state index in [4.69, 9.17) is 10.5 Å². The molecule has 2 rings (SSSR count).